The molecule has 0 aromatic carbocycles. The Morgan fingerprint density at radius 3 is 2.38 bits per heavy atom. The van der Waals surface area contributed by atoms with Crippen molar-refractivity contribution in [1.29, 1.82) is 0 Å². The zero-order valence-corrected chi connectivity index (χ0v) is 9.56. The maximum atomic E-state index is 2.49. The van der Waals surface area contributed by atoms with Crippen molar-refractivity contribution in [2.45, 2.75) is 38.8 Å². The minimum atomic E-state index is -0.0632. The molecule has 0 nitrogen and oxygen atoms in total. The highest BCUT2D eigenvalue weighted by molar-refractivity contribution is 7.02. The van der Waals surface area contributed by atoms with Gasteiger partial charge in [-0.3, -0.25) is 0 Å². The molecule has 0 fully saturated rings. The largest absolute Gasteiger partial charge is 0.0746 e. The maximum absolute atomic E-state index is 2.49. The molecule has 0 rings (SSSR count). The van der Waals surface area contributed by atoms with Crippen LogP contribution in [-0.2, 0) is 0 Å². The summed E-state index contributed by atoms with van der Waals surface area (Å²) in [7, 11) is 1.46. The average molecular weight is 146 g/mol. The first-order chi connectivity index (χ1) is 3.77. The van der Waals surface area contributed by atoms with Gasteiger partial charge in [0, 0.05) is 8.31 Å². The molecule has 0 N–H and O–H groups in total. The summed E-state index contributed by atoms with van der Waals surface area (Å²) in [5, 5.41) is 0. The van der Waals surface area contributed by atoms with Crippen molar-refractivity contribution >= 4 is 18.1 Å². The molecule has 1 unspecified atom stereocenters. The fraction of sp³-hybridized carbons (Fsp3) is 1.00. The van der Waals surface area contributed by atoms with Gasteiger partial charge in [-0.2, -0.15) is 0 Å². The third-order valence-electron chi connectivity index (χ3n) is 1.39. The van der Waals surface area contributed by atoms with Crippen molar-refractivity contribution in [2.75, 3.05) is 0 Å². The minimum absolute atomic E-state index is 0.0632. The predicted octanol–water partition coefficient (Wildman–Crippen LogP) is 0.896. The van der Waals surface area contributed by atoms with E-state index < -0.39 is 0 Å². The Morgan fingerprint density at radius 1 is 1.38 bits per heavy atom. The van der Waals surface area contributed by atoms with Crippen molar-refractivity contribution in [2.24, 2.45) is 0 Å². The van der Waals surface area contributed by atoms with Crippen LogP contribution in [0.2, 0.25) is 12.6 Å². The summed E-state index contributed by atoms with van der Waals surface area (Å²) in [4.78, 5) is 0. The average Bonchev–Trinajstić information content (AvgIpc) is 1.66. The van der Waals surface area contributed by atoms with Crippen LogP contribution in [0.25, 0.3) is 0 Å². The van der Waals surface area contributed by atoms with Gasteiger partial charge in [-0.05, 0) is 9.76 Å². The van der Waals surface area contributed by atoms with Crippen molar-refractivity contribution < 1.29 is 0 Å². The third-order valence-corrected chi connectivity index (χ3v) is 4.68. The van der Waals surface area contributed by atoms with Crippen LogP contribution in [0, 0.1) is 0 Å². The molecule has 50 valence electrons. The SMILES string of the molecule is CCCCC[SiH](C)[SiH3]. The molecule has 0 saturated carbocycles. The van der Waals surface area contributed by atoms with Gasteiger partial charge in [0.1, 0.15) is 0 Å². The van der Waals surface area contributed by atoms with Crippen LogP contribution in [-0.4, -0.2) is 18.1 Å². The molecule has 0 spiro atoms. The fourth-order valence-corrected chi connectivity index (χ4v) is 3.13. The second kappa shape index (κ2) is 5.57. The molecule has 0 aliphatic rings. The fourth-order valence-electron chi connectivity index (χ4n) is 0.803. The van der Waals surface area contributed by atoms with Crippen LogP contribution in [0.5, 0.6) is 0 Å². The van der Waals surface area contributed by atoms with Crippen molar-refractivity contribution in [3.05, 3.63) is 0 Å². The minimum Gasteiger partial charge on any atom is -0.0746 e. The first-order valence-corrected chi connectivity index (χ1v) is 10.4. The van der Waals surface area contributed by atoms with Gasteiger partial charge < -0.3 is 0 Å². The van der Waals surface area contributed by atoms with Gasteiger partial charge in [-0.15, -0.1) is 0 Å². The molecule has 0 heterocycles. The molecular weight excluding hydrogens is 128 g/mol. The molecule has 0 bridgehead atoms. The molecule has 0 aromatic rings. The monoisotopic (exact) mass is 146 g/mol. The Morgan fingerprint density at radius 2 is 2.00 bits per heavy atom. The van der Waals surface area contributed by atoms with Gasteiger partial charge in [0.2, 0.25) is 0 Å². The van der Waals surface area contributed by atoms with E-state index in [0.29, 0.717) is 0 Å². The number of hydrogen-bond donors (Lipinski definition) is 0. The first-order valence-electron chi connectivity index (χ1n) is 3.77. The maximum Gasteiger partial charge on any atom is 0.0171 e. The lowest BCUT2D eigenvalue weighted by molar-refractivity contribution is 0.768. The van der Waals surface area contributed by atoms with Crippen LogP contribution in [0.4, 0.5) is 0 Å². The predicted molar refractivity (Wildman–Crippen MR) is 47.3 cm³/mol. The lowest BCUT2D eigenvalue weighted by atomic mass is 10.3. The van der Waals surface area contributed by atoms with Gasteiger partial charge >= 0.3 is 0 Å². The number of unbranched alkanes of at least 4 members (excludes halogenated alkanes) is 2. The van der Waals surface area contributed by atoms with Crippen molar-refractivity contribution in [3.63, 3.8) is 0 Å². The second-order valence-corrected chi connectivity index (χ2v) is 12.2. The van der Waals surface area contributed by atoms with Crippen LogP contribution >= 0.6 is 0 Å². The summed E-state index contributed by atoms with van der Waals surface area (Å²) in [6.45, 7) is 4.77. The molecule has 0 aliphatic heterocycles. The lowest BCUT2D eigenvalue weighted by Gasteiger charge is -1.99. The Kier molecular flexibility index (Phi) is 5.87. The van der Waals surface area contributed by atoms with Crippen LogP contribution in [0.15, 0.2) is 0 Å². The van der Waals surface area contributed by atoms with E-state index >= 15 is 0 Å². The van der Waals surface area contributed by atoms with Crippen LogP contribution in [0.1, 0.15) is 26.2 Å². The van der Waals surface area contributed by atoms with E-state index in [1.807, 2.05) is 0 Å². The van der Waals surface area contributed by atoms with E-state index in [4.69, 9.17) is 0 Å². The zero-order valence-electron chi connectivity index (χ0n) is 6.41. The van der Waals surface area contributed by atoms with Crippen molar-refractivity contribution in [1.82, 2.24) is 0 Å². The first kappa shape index (κ1) is 8.43. The van der Waals surface area contributed by atoms with Crippen LogP contribution in [0.3, 0.4) is 0 Å². The molecular formula is C6H18Si2. The van der Waals surface area contributed by atoms with Crippen LogP contribution < -0.4 is 0 Å². The third kappa shape index (κ3) is 6.43. The summed E-state index contributed by atoms with van der Waals surface area (Å²) in [6.07, 6.45) is 4.38. The second-order valence-electron chi connectivity index (χ2n) is 2.89. The molecule has 0 radical (unpaired) electrons. The highest BCUT2D eigenvalue weighted by Crippen LogP contribution is 2.00. The van der Waals surface area contributed by atoms with Gasteiger partial charge in [-0.1, -0.05) is 38.8 Å². The Hall–Kier alpha value is 0.434. The summed E-state index contributed by atoms with van der Waals surface area (Å²) < 4.78 is 0. The normalized spacial score (nSPS) is 14.2. The molecule has 0 saturated heterocycles. The van der Waals surface area contributed by atoms with Crippen molar-refractivity contribution in [3.8, 4) is 0 Å². The Balaban J connectivity index is 2.72. The summed E-state index contributed by atoms with van der Waals surface area (Å²) in [6, 6.07) is 1.61. The number of rotatable bonds is 4. The Labute approximate surface area is 57.5 Å². The number of hydrogen-bond acceptors (Lipinski definition) is 0. The summed E-state index contributed by atoms with van der Waals surface area (Å²) in [5.74, 6) is 0. The molecule has 0 amide bonds. The standard InChI is InChI=1S/C6H18Si2/c1-3-4-5-6-8(2)7/h8H,3-6H2,1-2,7H3. The van der Waals surface area contributed by atoms with E-state index in [2.05, 4.69) is 13.5 Å². The Bertz CT molecular complexity index is 43.8. The zero-order chi connectivity index (χ0) is 6.41. The van der Waals surface area contributed by atoms with E-state index in [1.165, 1.54) is 29.0 Å². The van der Waals surface area contributed by atoms with Gasteiger partial charge in [0.15, 0.2) is 0 Å². The molecule has 2 heteroatoms. The molecule has 0 aromatic heterocycles. The van der Waals surface area contributed by atoms with E-state index in [0.717, 1.165) is 0 Å². The van der Waals surface area contributed by atoms with E-state index in [9.17, 15) is 0 Å². The van der Waals surface area contributed by atoms with E-state index in [1.54, 1.807) is 6.04 Å². The summed E-state index contributed by atoms with van der Waals surface area (Å²) in [5.41, 5.74) is 0. The molecule has 0 aliphatic carbocycles. The quantitative estimate of drug-likeness (QED) is 0.408. The van der Waals surface area contributed by atoms with E-state index in [-0.39, 0.29) is 8.31 Å². The molecule has 1 atom stereocenters. The van der Waals surface area contributed by atoms with Gasteiger partial charge in [0.25, 0.3) is 0 Å². The van der Waals surface area contributed by atoms with Gasteiger partial charge in [-0.25, -0.2) is 0 Å². The highest BCUT2D eigenvalue weighted by Gasteiger charge is 1.92. The summed E-state index contributed by atoms with van der Waals surface area (Å²) >= 11 is 0. The smallest absolute Gasteiger partial charge is 0.0171 e. The molecule has 8 heavy (non-hydrogen) atoms. The topological polar surface area (TPSA) is 0 Å². The highest BCUT2D eigenvalue weighted by atomic mass is 29.1. The lowest BCUT2D eigenvalue weighted by Crippen LogP contribution is -2.04. The van der Waals surface area contributed by atoms with Gasteiger partial charge in [0.05, 0.1) is 0 Å².